The van der Waals surface area contributed by atoms with Gasteiger partial charge in [-0.15, -0.1) is 23.1 Å². The summed E-state index contributed by atoms with van der Waals surface area (Å²) in [6.45, 7) is 2.80. The van der Waals surface area contributed by atoms with E-state index < -0.39 is 0 Å². The van der Waals surface area contributed by atoms with Crippen LogP contribution in [0.25, 0.3) is 10.4 Å². The summed E-state index contributed by atoms with van der Waals surface area (Å²) >= 11 is 3.46. The summed E-state index contributed by atoms with van der Waals surface area (Å²) in [7, 11) is 0. The molecule has 3 rings (SSSR count). The van der Waals surface area contributed by atoms with Crippen molar-refractivity contribution in [3.05, 3.63) is 40.8 Å². The number of rotatable bonds is 3. The number of fused-ring (bicyclic) bond motifs is 3. The number of thiophene rings is 1. The fourth-order valence-electron chi connectivity index (χ4n) is 2.14. The van der Waals surface area contributed by atoms with Crippen molar-refractivity contribution in [2.24, 2.45) is 0 Å². The zero-order valence-corrected chi connectivity index (χ0v) is 12.4. The number of carbonyl (C=O) groups excluding carboxylic acids is 1. The van der Waals surface area contributed by atoms with Gasteiger partial charge in [-0.05, 0) is 24.1 Å². The third-order valence-corrected chi connectivity index (χ3v) is 5.41. The van der Waals surface area contributed by atoms with Crippen LogP contribution in [0.1, 0.15) is 28.6 Å². The van der Waals surface area contributed by atoms with E-state index in [4.69, 9.17) is 0 Å². The lowest BCUT2D eigenvalue weighted by Crippen LogP contribution is -2.22. The first-order valence-electron chi connectivity index (χ1n) is 6.42. The molecule has 0 saturated heterocycles. The number of carbonyl (C=O) groups is 1. The zero-order chi connectivity index (χ0) is 13.2. The molecular formula is C15H15NOS2. The predicted octanol–water partition coefficient (Wildman–Crippen LogP) is 4.16. The molecule has 0 spiro atoms. The van der Waals surface area contributed by atoms with Crippen LogP contribution < -0.4 is 5.32 Å². The maximum absolute atomic E-state index is 12.0. The topological polar surface area (TPSA) is 29.1 Å². The third-order valence-electron chi connectivity index (χ3n) is 3.08. The molecule has 19 heavy (non-hydrogen) atoms. The lowest BCUT2D eigenvalue weighted by atomic mass is 10.1. The molecule has 2 nitrogen and oxygen atoms in total. The Hall–Kier alpha value is -1.26. The fraction of sp³-hybridized carbons (Fsp3) is 0.267. The summed E-state index contributed by atoms with van der Waals surface area (Å²) in [5, 5.41) is 2.95. The van der Waals surface area contributed by atoms with Crippen LogP contribution >= 0.6 is 23.1 Å². The molecule has 0 fully saturated rings. The molecule has 0 unspecified atom stereocenters. The van der Waals surface area contributed by atoms with Gasteiger partial charge in [0.25, 0.3) is 5.91 Å². The smallest absolute Gasteiger partial charge is 0.261 e. The molecule has 1 aliphatic heterocycles. The molecule has 98 valence electrons. The van der Waals surface area contributed by atoms with E-state index in [1.165, 1.54) is 20.9 Å². The van der Waals surface area contributed by atoms with Gasteiger partial charge in [-0.2, -0.15) is 0 Å². The quantitative estimate of drug-likeness (QED) is 0.919. The molecule has 2 aromatic rings. The highest BCUT2D eigenvalue weighted by atomic mass is 32.2. The predicted molar refractivity (Wildman–Crippen MR) is 81.9 cm³/mol. The van der Waals surface area contributed by atoms with Gasteiger partial charge in [0.15, 0.2) is 0 Å². The lowest BCUT2D eigenvalue weighted by Gasteiger charge is -2.14. The first-order chi connectivity index (χ1) is 9.29. The number of benzene rings is 1. The van der Waals surface area contributed by atoms with Crippen LogP contribution in [0, 0.1) is 0 Å². The highest BCUT2D eigenvalue weighted by molar-refractivity contribution is 7.98. The van der Waals surface area contributed by atoms with Crippen molar-refractivity contribution >= 4 is 29.0 Å². The maximum Gasteiger partial charge on any atom is 0.261 e. The molecule has 1 amide bonds. The standard InChI is InChI=1S/C15H15NOS2/c1-2-7-16-15(17)13-8-10-9-18-12-6-4-3-5-11(12)14(10)19-13/h3-6,8H,2,7,9H2,1H3,(H,16,17). The van der Waals surface area contributed by atoms with E-state index in [-0.39, 0.29) is 5.91 Å². The summed E-state index contributed by atoms with van der Waals surface area (Å²) in [5.74, 6) is 1.02. The molecule has 1 aliphatic rings. The fourth-order valence-corrected chi connectivity index (χ4v) is 4.47. The molecule has 1 N–H and O–H groups in total. The second-order valence-electron chi connectivity index (χ2n) is 4.51. The zero-order valence-electron chi connectivity index (χ0n) is 10.7. The van der Waals surface area contributed by atoms with E-state index in [0.717, 1.165) is 23.6 Å². The van der Waals surface area contributed by atoms with E-state index in [1.807, 2.05) is 17.8 Å². The highest BCUT2D eigenvalue weighted by Gasteiger charge is 2.21. The van der Waals surface area contributed by atoms with Crippen LogP contribution in [0.5, 0.6) is 0 Å². The van der Waals surface area contributed by atoms with Gasteiger partial charge < -0.3 is 5.32 Å². The largest absolute Gasteiger partial charge is 0.351 e. The molecule has 4 heteroatoms. The summed E-state index contributed by atoms with van der Waals surface area (Å²) in [4.78, 5) is 15.4. The summed E-state index contributed by atoms with van der Waals surface area (Å²) in [5.41, 5.74) is 2.56. The molecule has 0 bridgehead atoms. The van der Waals surface area contributed by atoms with Crippen LogP contribution in [0.4, 0.5) is 0 Å². The third kappa shape index (κ3) is 2.42. The molecule has 1 aromatic heterocycles. The molecule has 1 aromatic carbocycles. The number of amides is 1. The van der Waals surface area contributed by atoms with Crippen molar-refractivity contribution < 1.29 is 4.79 Å². The van der Waals surface area contributed by atoms with Crippen molar-refractivity contribution in [2.75, 3.05) is 6.54 Å². The Kier molecular flexibility index (Phi) is 3.62. The first-order valence-corrected chi connectivity index (χ1v) is 8.23. The average molecular weight is 289 g/mol. The normalized spacial score (nSPS) is 12.7. The van der Waals surface area contributed by atoms with E-state index >= 15 is 0 Å². The van der Waals surface area contributed by atoms with E-state index in [9.17, 15) is 4.79 Å². The van der Waals surface area contributed by atoms with Crippen LogP contribution in [0.2, 0.25) is 0 Å². The van der Waals surface area contributed by atoms with E-state index in [2.05, 4.69) is 36.5 Å². The van der Waals surface area contributed by atoms with E-state index in [1.54, 1.807) is 11.3 Å². The molecule has 2 heterocycles. The Labute approximate surface area is 121 Å². The minimum atomic E-state index is 0.0590. The Morgan fingerprint density at radius 2 is 2.21 bits per heavy atom. The van der Waals surface area contributed by atoms with Gasteiger partial charge >= 0.3 is 0 Å². The van der Waals surface area contributed by atoms with Gasteiger partial charge in [0.2, 0.25) is 0 Å². The van der Waals surface area contributed by atoms with Gasteiger partial charge in [0, 0.05) is 27.6 Å². The van der Waals surface area contributed by atoms with Crippen LogP contribution in [0.15, 0.2) is 35.2 Å². The van der Waals surface area contributed by atoms with E-state index in [0.29, 0.717) is 0 Å². The molecule has 0 radical (unpaired) electrons. The second-order valence-corrected chi connectivity index (χ2v) is 6.58. The van der Waals surface area contributed by atoms with Crippen LogP contribution in [-0.4, -0.2) is 12.5 Å². The van der Waals surface area contributed by atoms with Crippen LogP contribution in [0.3, 0.4) is 0 Å². The Balaban J connectivity index is 1.94. The lowest BCUT2D eigenvalue weighted by molar-refractivity contribution is 0.0957. The van der Waals surface area contributed by atoms with Gasteiger partial charge in [0.1, 0.15) is 0 Å². The summed E-state index contributed by atoms with van der Waals surface area (Å²) < 4.78 is 0. The molecule has 0 aliphatic carbocycles. The molecule has 0 saturated carbocycles. The minimum Gasteiger partial charge on any atom is -0.351 e. The highest BCUT2D eigenvalue weighted by Crippen LogP contribution is 2.45. The maximum atomic E-state index is 12.0. The Morgan fingerprint density at radius 3 is 3.05 bits per heavy atom. The SMILES string of the molecule is CCCNC(=O)c1cc2c(s1)-c1ccccc1SC2. The summed E-state index contributed by atoms with van der Waals surface area (Å²) in [6.07, 6.45) is 0.968. The minimum absolute atomic E-state index is 0.0590. The molecule has 0 atom stereocenters. The van der Waals surface area contributed by atoms with Crippen molar-refractivity contribution in [1.82, 2.24) is 5.32 Å². The Morgan fingerprint density at radius 1 is 1.37 bits per heavy atom. The van der Waals surface area contributed by atoms with Crippen molar-refractivity contribution in [3.8, 4) is 10.4 Å². The molecular weight excluding hydrogens is 274 g/mol. The number of hydrogen-bond acceptors (Lipinski definition) is 3. The second kappa shape index (κ2) is 5.39. The number of hydrogen-bond donors (Lipinski definition) is 1. The first kappa shape index (κ1) is 12.8. The van der Waals surface area contributed by atoms with Crippen molar-refractivity contribution in [2.45, 2.75) is 24.0 Å². The summed E-state index contributed by atoms with van der Waals surface area (Å²) in [6, 6.07) is 10.5. The van der Waals surface area contributed by atoms with Crippen LogP contribution in [-0.2, 0) is 5.75 Å². The van der Waals surface area contributed by atoms with Gasteiger partial charge in [-0.25, -0.2) is 0 Å². The number of thioether (sulfide) groups is 1. The van der Waals surface area contributed by atoms with Crippen molar-refractivity contribution in [3.63, 3.8) is 0 Å². The average Bonchev–Trinajstić information content (AvgIpc) is 2.89. The Bertz CT molecular complexity index is 618. The monoisotopic (exact) mass is 289 g/mol. The number of nitrogens with one attached hydrogen (secondary N) is 1. The van der Waals surface area contributed by atoms with Gasteiger partial charge in [-0.3, -0.25) is 4.79 Å². The van der Waals surface area contributed by atoms with Gasteiger partial charge in [-0.1, -0.05) is 25.1 Å². The van der Waals surface area contributed by atoms with Gasteiger partial charge in [0.05, 0.1) is 4.88 Å². The van der Waals surface area contributed by atoms with Crippen molar-refractivity contribution in [1.29, 1.82) is 0 Å².